The van der Waals surface area contributed by atoms with Crippen molar-refractivity contribution in [2.45, 2.75) is 6.92 Å². The minimum atomic E-state index is -0.717. The Morgan fingerprint density at radius 3 is 2.57 bits per heavy atom. The van der Waals surface area contributed by atoms with Gasteiger partial charge in [-0.25, -0.2) is 13.6 Å². The Kier molecular flexibility index (Phi) is 4.71. The molecule has 2 aromatic rings. The molecule has 0 atom stereocenters. The van der Waals surface area contributed by atoms with Crippen LogP contribution in [0.3, 0.4) is 0 Å². The molecule has 0 fully saturated rings. The molecule has 0 aliphatic carbocycles. The van der Waals surface area contributed by atoms with Crippen LogP contribution in [0.5, 0.6) is 5.75 Å². The van der Waals surface area contributed by atoms with Crippen molar-refractivity contribution in [2.24, 2.45) is 0 Å². The molecule has 0 heterocycles. The Hall–Kier alpha value is -2.63. The molecule has 2 N–H and O–H groups in total. The van der Waals surface area contributed by atoms with Crippen LogP contribution in [0.15, 0.2) is 42.5 Å². The Morgan fingerprint density at radius 2 is 1.86 bits per heavy atom. The summed E-state index contributed by atoms with van der Waals surface area (Å²) < 4.78 is 31.5. The molecule has 0 spiro atoms. The first-order valence-corrected chi connectivity index (χ1v) is 6.24. The zero-order valence-corrected chi connectivity index (χ0v) is 11.3. The number of nitrogens with one attached hydrogen (secondary N) is 2. The van der Waals surface area contributed by atoms with E-state index < -0.39 is 17.7 Å². The number of amides is 2. The highest BCUT2D eigenvalue weighted by atomic mass is 19.1. The lowest BCUT2D eigenvalue weighted by Crippen LogP contribution is -2.32. The van der Waals surface area contributed by atoms with Crippen molar-refractivity contribution in [1.29, 1.82) is 0 Å². The van der Waals surface area contributed by atoms with Crippen LogP contribution in [0.25, 0.3) is 0 Å². The van der Waals surface area contributed by atoms with E-state index in [0.717, 1.165) is 23.8 Å². The molecule has 110 valence electrons. The average molecular weight is 292 g/mol. The van der Waals surface area contributed by atoms with Crippen LogP contribution < -0.4 is 15.4 Å². The largest absolute Gasteiger partial charge is 0.473 e. The first-order chi connectivity index (χ1) is 10.0. The van der Waals surface area contributed by atoms with E-state index in [1.54, 1.807) is 12.1 Å². The molecule has 0 aliphatic heterocycles. The summed E-state index contributed by atoms with van der Waals surface area (Å²) in [5, 5.41) is 4.58. The minimum Gasteiger partial charge on any atom is -0.473 e. The van der Waals surface area contributed by atoms with Crippen molar-refractivity contribution in [3.63, 3.8) is 0 Å². The molecule has 0 aliphatic rings. The number of hydrogen-bond donors (Lipinski definition) is 2. The molecule has 0 unspecified atom stereocenters. The van der Waals surface area contributed by atoms with Gasteiger partial charge < -0.3 is 15.4 Å². The van der Waals surface area contributed by atoms with Gasteiger partial charge in [-0.1, -0.05) is 17.7 Å². The number of rotatable bonds is 4. The number of carbonyl (C=O) groups is 1. The molecule has 0 saturated heterocycles. The van der Waals surface area contributed by atoms with Gasteiger partial charge in [0.1, 0.15) is 17.4 Å². The van der Waals surface area contributed by atoms with E-state index in [0.29, 0.717) is 5.75 Å². The van der Waals surface area contributed by atoms with Gasteiger partial charge in [0.15, 0.2) is 6.73 Å². The second-order valence-corrected chi connectivity index (χ2v) is 4.36. The van der Waals surface area contributed by atoms with Crippen molar-refractivity contribution in [1.82, 2.24) is 5.32 Å². The van der Waals surface area contributed by atoms with Crippen LogP contribution in [0.4, 0.5) is 19.3 Å². The number of anilines is 1. The lowest BCUT2D eigenvalue weighted by molar-refractivity contribution is 0.234. The lowest BCUT2D eigenvalue weighted by Gasteiger charge is -2.10. The summed E-state index contributed by atoms with van der Waals surface area (Å²) in [7, 11) is 0. The molecule has 21 heavy (non-hydrogen) atoms. The summed E-state index contributed by atoms with van der Waals surface area (Å²) in [5.41, 5.74) is 0.859. The summed E-state index contributed by atoms with van der Waals surface area (Å²) >= 11 is 0. The van der Waals surface area contributed by atoms with Gasteiger partial charge in [-0.2, -0.15) is 0 Å². The highest BCUT2D eigenvalue weighted by Crippen LogP contribution is 2.15. The second-order valence-electron chi connectivity index (χ2n) is 4.36. The minimum absolute atomic E-state index is 0.0914. The van der Waals surface area contributed by atoms with Gasteiger partial charge >= 0.3 is 6.03 Å². The zero-order chi connectivity index (χ0) is 15.2. The van der Waals surface area contributed by atoms with E-state index in [4.69, 9.17) is 4.74 Å². The Balaban J connectivity index is 1.82. The molecular weight excluding hydrogens is 278 g/mol. The number of ether oxygens (including phenoxy) is 1. The number of hydrogen-bond acceptors (Lipinski definition) is 2. The molecule has 0 radical (unpaired) electrons. The summed E-state index contributed by atoms with van der Waals surface area (Å²) in [6.07, 6.45) is 0. The molecule has 4 nitrogen and oxygen atoms in total. The van der Waals surface area contributed by atoms with Crippen molar-refractivity contribution in [3.8, 4) is 5.75 Å². The smallest absolute Gasteiger partial charge is 0.321 e. The Bertz CT molecular complexity index is 630. The van der Waals surface area contributed by atoms with Gasteiger partial charge in [0.05, 0.1) is 5.69 Å². The number of urea groups is 1. The molecule has 0 aromatic heterocycles. The van der Waals surface area contributed by atoms with Gasteiger partial charge in [0.25, 0.3) is 0 Å². The van der Waals surface area contributed by atoms with Gasteiger partial charge in [-0.15, -0.1) is 0 Å². The third-order valence-corrected chi connectivity index (χ3v) is 2.67. The Labute approximate surface area is 120 Å². The highest BCUT2D eigenvalue weighted by molar-refractivity contribution is 5.89. The normalized spacial score (nSPS) is 10.0. The fourth-order valence-electron chi connectivity index (χ4n) is 1.58. The predicted molar refractivity (Wildman–Crippen MR) is 75.2 cm³/mol. The van der Waals surface area contributed by atoms with Crippen molar-refractivity contribution in [2.75, 3.05) is 12.0 Å². The zero-order valence-electron chi connectivity index (χ0n) is 11.3. The summed E-state index contributed by atoms with van der Waals surface area (Å²) in [6.45, 7) is 1.86. The van der Waals surface area contributed by atoms with E-state index in [1.807, 2.05) is 19.1 Å². The molecule has 2 rings (SSSR count). The SMILES string of the molecule is Cc1ccc(OCNC(=O)Nc2cc(F)ccc2F)cc1. The Morgan fingerprint density at radius 1 is 1.14 bits per heavy atom. The molecule has 0 bridgehead atoms. The molecule has 2 amide bonds. The van der Waals surface area contributed by atoms with Crippen LogP contribution in [0, 0.1) is 18.6 Å². The third kappa shape index (κ3) is 4.45. The fraction of sp³-hybridized carbons (Fsp3) is 0.133. The first kappa shape index (κ1) is 14.8. The van der Waals surface area contributed by atoms with Crippen molar-refractivity contribution >= 4 is 11.7 Å². The highest BCUT2D eigenvalue weighted by Gasteiger charge is 2.07. The van der Waals surface area contributed by atoms with Crippen LogP contribution in [-0.4, -0.2) is 12.8 Å². The predicted octanol–water partition coefficient (Wildman–Crippen LogP) is 3.43. The van der Waals surface area contributed by atoms with Crippen LogP contribution in [0.1, 0.15) is 5.56 Å². The summed E-state index contributed by atoms with van der Waals surface area (Å²) in [5.74, 6) is -0.758. The van der Waals surface area contributed by atoms with E-state index in [-0.39, 0.29) is 12.4 Å². The van der Waals surface area contributed by atoms with Crippen LogP contribution >= 0.6 is 0 Å². The van der Waals surface area contributed by atoms with Gasteiger partial charge in [0, 0.05) is 6.07 Å². The molecular formula is C15H14F2N2O2. The average Bonchev–Trinajstić information content (AvgIpc) is 2.45. The van der Waals surface area contributed by atoms with Crippen LogP contribution in [-0.2, 0) is 0 Å². The maximum atomic E-state index is 13.3. The number of aryl methyl sites for hydroxylation is 1. The molecule has 0 saturated carbocycles. The van der Waals surface area contributed by atoms with Crippen molar-refractivity contribution in [3.05, 3.63) is 59.7 Å². The number of carbonyl (C=O) groups excluding carboxylic acids is 1. The second kappa shape index (κ2) is 6.69. The van der Waals surface area contributed by atoms with Crippen molar-refractivity contribution < 1.29 is 18.3 Å². The molecule has 6 heteroatoms. The lowest BCUT2D eigenvalue weighted by atomic mass is 10.2. The maximum absolute atomic E-state index is 13.3. The van der Waals surface area contributed by atoms with E-state index in [2.05, 4.69) is 10.6 Å². The third-order valence-electron chi connectivity index (χ3n) is 2.67. The van der Waals surface area contributed by atoms with Gasteiger partial charge in [-0.3, -0.25) is 0 Å². The first-order valence-electron chi connectivity index (χ1n) is 6.24. The fourth-order valence-corrected chi connectivity index (χ4v) is 1.58. The standard InChI is InChI=1S/C15H14F2N2O2/c1-10-2-5-12(6-3-10)21-9-18-15(20)19-14-8-11(16)4-7-13(14)17/h2-8H,9H2,1H3,(H2,18,19,20). The maximum Gasteiger partial charge on any atom is 0.321 e. The summed E-state index contributed by atoms with van der Waals surface area (Å²) in [4.78, 5) is 11.5. The van der Waals surface area contributed by atoms with Gasteiger partial charge in [0.2, 0.25) is 0 Å². The quantitative estimate of drug-likeness (QED) is 0.848. The van der Waals surface area contributed by atoms with Crippen LogP contribution in [0.2, 0.25) is 0 Å². The molecule has 2 aromatic carbocycles. The number of halogens is 2. The number of benzene rings is 2. The summed E-state index contributed by atoms with van der Waals surface area (Å²) in [6, 6.07) is 9.39. The van der Waals surface area contributed by atoms with E-state index in [1.165, 1.54) is 0 Å². The van der Waals surface area contributed by atoms with E-state index >= 15 is 0 Å². The van der Waals surface area contributed by atoms with Gasteiger partial charge in [-0.05, 0) is 31.2 Å². The monoisotopic (exact) mass is 292 g/mol. The van der Waals surface area contributed by atoms with E-state index in [9.17, 15) is 13.6 Å². The topological polar surface area (TPSA) is 50.4 Å².